The number of nitrogens with zero attached hydrogens (tertiary/aromatic N) is 3. The molecule has 6 heteroatoms. The van der Waals surface area contributed by atoms with Crippen LogP contribution in [-0.2, 0) is 11.3 Å². The van der Waals surface area contributed by atoms with Crippen molar-refractivity contribution >= 4 is 17.1 Å². The van der Waals surface area contributed by atoms with E-state index in [1.807, 2.05) is 10.6 Å². The van der Waals surface area contributed by atoms with E-state index in [1.54, 1.807) is 12.3 Å². The van der Waals surface area contributed by atoms with E-state index < -0.39 is 0 Å². The predicted molar refractivity (Wildman–Crippen MR) is 77.3 cm³/mol. The number of furan rings is 1. The van der Waals surface area contributed by atoms with Gasteiger partial charge in [0.05, 0.1) is 18.3 Å². The second kappa shape index (κ2) is 4.89. The molecule has 1 saturated heterocycles. The Kier molecular flexibility index (Phi) is 3.01. The molecule has 4 heterocycles. The van der Waals surface area contributed by atoms with E-state index in [2.05, 4.69) is 16.8 Å². The molecule has 112 valence electrons. The molecule has 2 aromatic heterocycles. The second-order valence-corrected chi connectivity index (χ2v) is 5.94. The number of esters is 1. The Morgan fingerprint density at radius 3 is 2.90 bits per heavy atom. The van der Waals surface area contributed by atoms with Crippen molar-refractivity contribution < 1.29 is 13.9 Å². The van der Waals surface area contributed by atoms with Crippen LogP contribution >= 0.6 is 0 Å². The van der Waals surface area contributed by atoms with E-state index in [0.29, 0.717) is 12.2 Å². The number of likely N-dealkylation sites (N-methyl/N-ethyl adjacent to an activating group) is 1. The molecule has 0 N–H and O–H groups in total. The normalized spacial score (nSPS) is 24.2. The highest BCUT2D eigenvalue weighted by Crippen LogP contribution is 2.26. The van der Waals surface area contributed by atoms with Crippen LogP contribution in [0.4, 0.5) is 0 Å². The van der Waals surface area contributed by atoms with Crippen molar-refractivity contribution in [1.29, 1.82) is 0 Å². The van der Waals surface area contributed by atoms with E-state index in [1.165, 1.54) is 0 Å². The zero-order chi connectivity index (χ0) is 14.4. The largest absolute Gasteiger partial charge is 0.463 e. The van der Waals surface area contributed by atoms with Gasteiger partial charge in [0.2, 0.25) is 0 Å². The molecule has 4 rings (SSSR count). The van der Waals surface area contributed by atoms with Gasteiger partial charge < -0.3 is 18.6 Å². The molecule has 21 heavy (non-hydrogen) atoms. The van der Waals surface area contributed by atoms with Crippen molar-refractivity contribution in [3.63, 3.8) is 0 Å². The fourth-order valence-corrected chi connectivity index (χ4v) is 3.21. The minimum absolute atomic E-state index is 0.0843. The number of fused-ring (bicyclic) bond motifs is 3. The summed E-state index contributed by atoms with van der Waals surface area (Å²) in [6.45, 7) is 5.71. The number of rotatable bonds is 2. The standard InChI is InChI=1S/C15H19N3O3/c1-16-3-5-17(6-4-16)9-11-10-18-12-2-7-20-14(12)8-13(18)15(19)21-11/h2,7-8,11H,3-6,9-10H2,1H3/t11-/m1/s1. The van der Waals surface area contributed by atoms with E-state index in [-0.39, 0.29) is 12.1 Å². The van der Waals surface area contributed by atoms with Crippen LogP contribution < -0.4 is 0 Å². The first-order valence-electron chi connectivity index (χ1n) is 7.39. The summed E-state index contributed by atoms with van der Waals surface area (Å²) in [6, 6.07) is 3.67. The topological polar surface area (TPSA) is 50.9 Å². The summed E-state index contributed by atoms with van der Waals surface area (Å²) in [5.74, 6) is -0.244. The van der Waals surface area contributed by atoms with Gasteiger partial charge in [-0.1, -0.05) is 0 Å². The molecule has 1 fully saturated rings. The van der Waals surface area contributed by atoms with Crippen molar-refractivity contribution in [3.05, 3.63) is 24.1 Å². The highest BCUT2D eigenvalue weighted by atomic mass is 16.5. The van der Waals surface area contributed by atoms with Crippen molar-refractivity contribution in [2.45, 2.75) is 12.6 Å². The fraction of sp³-hybridized carbons (Fsp3) is 0.533. The summed E-state index contributed by atoms with van der Waals surface area (Å²) < 4.78 is 13.0. The summed E-state index contributed by atoms with van der Waals surface area (Å²) in [5, 5.41) is 0. The maximum atomic E-state index is 12.1. The summed E-state index contributed by atoms with van der Waals surface area (Å²) in [5.41, 5.74) is 2.33. The Morgan fingerprint density at radius 1 is 1.29 bits per heavy atom. The third-order valence-corrected chi connectivity index (χ3v) is 4.45. The van der Waals surface area contributed by atoms with Gasteiger partial charge in [-0.3, -0.25) is 4.90 Å². The number of aromatic nitrogens is 1. The lowest BCUT2D eigenvalue weighted by molar-refractivity contribution is 0.00143. The van der Waals surface area contributed by atoms with Crippen molar-refractivity contribution in [1.82, 2.24) is 14.4 Å². The lowest BCUT2D eigenvalue weighted by Gasteiger charge is -2.35. The summed E-state index contributed by atoms with van der Waals surface area (Å²) in [6.07, 6.45) is 1.58. The molecule has 0 radical (unpaired) electrons. The van der Waals surface area contributed by atoms with Gasteiger partial charge in [0.1, 0.15) is 11.8 Å². The molecule has 0 saturated carbocycles. The molecule has 0 aliphatic carbocycles. The van der Waals surface area contributed by atoms with Crippen LogP contribution in [0.5, 0.6) is 0 Å². The van der Waals surface area contributed by atoms with Gasteiger partial charge in [0.15, 0.2) is 5.58 Å². The fourth-order valence-electron chi connectivity index (χ4n) is 3.21. The molecule has 6 nitrogen and oxygen atoms in total. The average molecular weight is 289 g/mol. The number of carbonyl (C=O) groups is 1. The summed E-state index contributed by atoms with van der Waals surface area (Å²) >= 11 is 0. The number of ether oxygens (including phenoxy) is 1. The van der Waals surface area contributed by atoms with Crippen LogP contribution in [0.15, 0.2) is 22.8 Å². The van der Waals surface area contributed by atoms with E-state index >= 15 is 0 Å². The maximum Gasteiger partial charge on any atom is 0.355 e. The molecule has 0 aromatic carbocycles. The van der Waals surface area contributed by atoms with Gasteiger partial charge in [-0.25, -0.2) is 4.79 Å². The minimum atomic E-state index is -0.244. The van der Waals surface area contributed by atoms with Gasteiger partial charge in [-0.2, -0.15) is 0 Å². The van der Waals surface area contributed by atoms with Crippen LogP contribution in [0.1, 0.15) is 10.5 Å². The molecule has 2 aromatic rings. The molecule has 0 bridgehead atoms. The van der Waals surface area contributed by atoms with Gasteiger partial charge in [0.25, 0.3) is 0 Å². The Labute approximate surface area is 122 Å². The summed E-state index contributed by atoms with van der Waals surface area (Å²) in [4.78, 5) is 16.8. The Balaban J connectivity index is 1.52. The van der Waals surface area contributed by atoms with Gasteiger partial charge in [-0.05, 0) is 7.05 Å². The lowest BCUT2D eigenvalue weighted by Crippen LogP contribution is -2.49. The molecule has 0 unspecified atom stereocenters. The van der Waals surface area contributed by atoms with Crippen molar-refractivity contribution in [3.8, 4) is 0 Å². The third-order valence-electron chi connectivity index (χ3n) is 4.45. The van der Waals surface area contributed by atoms with Crippen LogP contribution in [0.2, 0.25) is 0 Å². The monoisotopic (exact) mass is 289 g/mol. The zero-order valence-corrected chi connectivity index (χ0v) is 12.1. The molecule has 1 atom stereocenters. The quantitative estimate of drug-likeness (QED) is 0.773. The average Bonchev–Trinajstić information content (AvgIpc) is 3.04. The smallest absolute Gasteiger partial charge is 0.355 e. The third kappa shape index (κ3) is 2.24. The zero-order valence-electron chi connectivity index (χ0n) is 12.1. The van der Waals surface area contributed by atoms with Crippen LogP contribution in [0.3, 0.4) is 0 Å². The van der Waals surface area contributed by atoms with E-state index in [0.717, 1.165) is 43.8 Å². The highest BCUT2D eigenvalue weighted by Gasteiger charge is 2.30. The van der Waals surface area contributed by atoms with Crippen molar-refractivity contribution in [2.75, 3.05) is 39.8 Å². The SMILES string of the molecule is CN1CCN(C[C@@H]2Cn3c(cc4occc43)C(=O)O2)CC1. The number of piperazine rings is 1. The second-order valence-electron chi connectivity index (χ2n) is 5.94. The van der Waals surface area contributed by atoms with Crippen LogP contribution in [0.25, 0.3) is 11.1 Å². The maximum absolute atomic E-state index is 12.1. The minimum Gasteiger partial charge on any atom is -0.463 e. The van der Waals surface area contributed by atoms with Crippen LogP contribution in [0, 0.1) is 0 Å². The van der Waals surface area contributed by atoms with E-state index in [4.69, 9.17) is 9.15 Å². The molecular formula is C15H19N3O3. The Morgan fingerprint density at radius 2 is 2.10 bits per heavy atom. The highest BCUT2D eigenvalue weighted by molar-refractivity contribution is 5.94. The van der Waals surface area contributed by atoms with Crippen molar-refractivity contribution in [2.24, 2.45) is 0 Å². The first-order chi connectivity index (χ1) is 10.2. The van der Waals surface area contributed by atoms with Gasteiger partial charge in [0, 0.05) is 44.9 Å². The van der Waals surface area contributed by atoms with Gasteiger partial charge in [-0.15, -0.1) is 0 Å². The van der Waals surface area contributed by atoms with Gasteiger partial charge >= 0.3 is 5.97 Å². The first kappa shape index (κ1) is 12.9. The Bertz CT molecular complexity index is 667. The molecule has 2 aliphatic rings. The number of cyclic esters (lactones) is 1. The Hall–Kier alpha value is -1.79. The molecule has 0 amide bonds. The number of hydrogen-bond acceptors (Lipinski definition) is 5. The molecule has 2 aliphatic heterocycles. The van der Waals surface area contributed by atoms with E-state index in [9.17, 15) is 4.79 Å². The number of hydrogen-bond donors (Lipinski definition) is 0. The molecular weight excluding hydrogens is 270 g/mol. The summed E-state index contributed by atoms with van der Waals surface area (Å²) in [7, 11) is 2.14. The van der Waals surface area contributed by atoms with Crippen LogP contribution in [-0.4, -0.2) is 66.2 Å². The lowest BCUT2D eigenvalue weighted by atomic mass is 10.2. The number of carbonyl (C=O) groups excluding carboxylic acids is 1. The predicted octanol–water partition coefficient (Wildman–Crippen LogP) is 1.02. The molecule has 0 spiro atoms. The first-order valence-corrected chi connectivity index (χ1v) is 7.39.